The number of aromatic nitrogens is 1. The molecule has 0 fully saturated rings. The predicted molar refractivity (Wildman–Crippen MR) is 122 cm³/mol. The number of hydrogen-bond donors (Lipinski definition) is 3. The van der Waals surface area contributed by atoms with Crippen LogP contribution in [0, 0.1) is 0 Å². The van der Waals surface area contributed by atoms with Crippen LogP contribution in [0.2, 0.25) is 0 Å². The minimum atomic E-state index is -3.22. The molecule has 1 atom stereocenters. The van der Waals surface area contributed by atoms with E-state index in [0.29, 0.717) is 22.7 Å². The SMILES string of the molecule is CS(=O)(=O)c1ccc(-c2ccc(CC(CO)N(N)/C=C(\N)c3ccccn3)cc2)cc1. The van der Waals surface area contributed by atoms with Crippen molar-refractivity contribution in [3.05, 3.63) is 90.4 Å². The highest BCUT2D eigenvalue weighted by Crippen LogP contribution is 2.22. The quantitative estimate of drug-likeness (QED) is 0.364. The number of nitrogens with zero attached hydrogens (tertiary/aromatic N) is 2. The van der Waals surface area contributed by atoms with Crippen LogP contribution in [0.5, 0.6) is 0 Å². The van der Waals surface area contributed by atoms with Crippen molar-refractivity contribution in [1.29, 1.82) is 0 Å². The predicted octanol–water partition coefficient (Wildman–Crippen LogP) is 2.19. The molecule has 8 heteroatoms. The van der Waals surface area contributed by atoms with E-state index in [4.69, 9.17) is 11.6 Å². The molecule has 3 aromatic rings. The summed E-state index contributed by atoms with van der Waals surface area (Å²) in [5.74, 6) is 6.12. The average Bonchev–Trinajstić information content (AvgIpc) is 2.78. The molecule has 0 aliphatic carbocycles. The Morgan fingerprint density at radius 3 is 2.19 bits per heavy atom. The highest BCUT2D eigenvalue weighted by molar-refractivity contribution is 7.90. The molecule has 0 spiro atoms. The highest BCUT2D eigenvalue weighted by Gasteiger charge is 2.14. The summed E-state index contributed by atoms with van der Waals surface area (Å²) in [7, 11) is -3.22. The van der Waals surface area contributed by atoms with Gasteiger partial charge in [0.1, 0.15) is 0 Å². The standard InChI is InChI=1S/C23H26N4O3S/c1-31(29,30)21-11-9-19(10-12-21)18-7-5-17(6-8-18)14-20(16-28)27(25)15-22(24)23-4-2-3-13-26-23/h2-13,15,20,28H,14,16,24-25H2,1H3/b22-15-. The Balaban J connectivity index is 1.70. The fourth-order valence-electron chi connectivity index (χ4n) is 3.13. The normalized spacial score (nSPS) is 13.1. The summed E-state index contributed by atoms with van der Waals surface area (Å²) in [6.45, 7) is -0.142. The van der Waals surface area contributed by atoms with Crippen LogP contribution in [0.25, 0.3) is 16.8 Å². The molecular formula is C23H26N4O3S. The molecule has 1 aromatic heterocycles. The average molecular weight is 439 g/mol. The zero-order valence-electron chi connectivity index (χ0n) is 17.2. The summed E-state index contributed by atoms with van der Waals surface area (Å²) in [5, 5.41) is 11.2. The second-order valence-electron chi connectivity index (χ2n) is 7.28. The van der Waals surface area contributed by atoms with E-state index in [1.165, 1.54) is 11.3 Å². The van der Waals surface area contributed by atoms with Crippen LogP contribution in [0.15, 0.2) is 84.0 Å². The van der Waals surface area contributed by atoms with Gasteiger partial charge in [-0.15, -0.1) is 0 Å². The largest absolute Gasteiger partial charge is 0.396 e. The number of hydrogen-bond acceptors (Lipinski definition) is 7. The third-order valence-corrected chi connectivity index (χ3v) is 6.05. The van der Waals surface area contributed by atoms with E-state index >= 15 is 0 Å². The van der Waals surface area contributed by atoms with Crippen LogP contribution < -0.4 is 11.6 Å². The lowest BCUT2D eigenvalue weighted by atomic mass is 10.0. The summed E-state index contributed by atoms with van der Waals surface area (Å²) < 4.78 is 23.2. The molecule has 0 amide bonds. The Labute approximate surface area is 182 Å². The zero-order valence-corrected chi connectivity index (χ0v) is 18.0. The van der Waals surface area contributed by atoms with Gasteiger partial charge in [-0.2, -0.15) is 0 Å². The van der Waals surface area contributed by atoms with E-state index < -0.39 is 9.84 Å². The summed E-state index contributed by atoms with van der Waals surface area (Å²) >= 11 is 0. The van der Waals surface area contributed by atoms with E-state index in [0.717, 1.165) is 16.7 Å². The number of nitrogens with two attached hydrogens (primary N) is 2. The monoisotopic (exact) mass is 438 g/mol. The molecule has 0 saturated carbocycles. The molecule has 5 N–H and O–H groups in total. The van der Waals surface area contributed by atoms with Crippen molar-refractivity contribution < 1.29 is 13.5 Å². The Morgan fingerprint density at radius 1 is 1.06 bits per heavy atom. The first-order chi connectivity index (χ1) is 14.8. The molecule has 0 radical (unpaired) electrons. The minimum Gasteiger partial charge on any atom is -0.396 e. The molecule has 162 valence electrons. The number of sulfone groups is 1. The summed E-state index contributed by atoms with van der Waals surface area (Å²) in [6, 6.07) is 19.7. The molecule has 1 unspecified atom stereocenters. The van der Waals surface area contributed by atoms with Gasteiger partial charge in [0.2, 0.25) is 0 Å². The summed E-state index contributed by atoms with van der Waals surface area (Å²) in [5.41, 5.74) is 9.97. The number of hydrazine groups is 1. The van der Waals surface area contributed by atoms with Crippen LogP contribution in [0.4, 0.5) is 0 Å². The molecule has 0 aliphatic heterocycles. The van der Waals surface area contributed by atoms with Crippen molar-refractivity contribution in [2.75, 3.05) is 12.9 Å². The highest BCUT2D eigenvalue weighted by atomic mass is 32.2. The van der Waals surface area contributed by atoms with Gasteiger partial charge in [0.15, 0.2) is 9.84 Å². The molecule has 3 rings (SSSR count). The van der Waals surface area contributed by atoms with E-state index in [2.05, 4.69) is 4.98 Å². The molecule has 0 bridgehead atoms. The van der Waals surface area contributed by atoms with Gasteiger partial charge in [-0.1, -0.05) is 42.5 Å². The smallest absolute Gasteiger partial charge is 0.175 e. The lowest BCUT2D eigenvalue weighted by Crippen LogP contribution is -2.41. The fourth-order valence-corrected chi connectivity index (χ4v) is 3.76. The number of rotatable bonds is 8. The molecule has 31 heavy (non-hydrogen) atoms. The molecule has 1 heterocycles. The Hall–Kier alpha value is -3.20. The van der Waals surface area contributed by atoms with Crippen molar-refractivity contribution in [2.45, 2.75) is 17.4 Å². The van der Waals surface area contributed by atoms with Gasteiger partial charge < -0.3 is 15.8 Å². The maximum absolute atomic E-state index is 11.6. The van der Waals surface area contributed by atoms with E-state index in [9.17, 15) is 13.5 Å². The van der Waals surface area contributed by atoms with Gasteiger partial charge in [-0.05, 0) is 47.4 Å². The van der Waals surface area contributed by atoms with Crippen molar-refractivity contribution in [3.8, 4) is 11.1 Å². The number of aliphatic hydroxyl groups excluding tert-OH is 1. The van der Waals surface area contributed by atoms with Crippen LogP contribution in [-0.2, 0) is 16.3 Å². The Morgan fingerprint density at radius 2 is 1.68 bits per heavy atom. The first-order valence-electron chi connectivity index (χ1n) is 9.70. The summed E-state index contributed by atoms with van der Waals surface area (Å²) in [4.78, 5) is 4.48. The Bertz CT molecular complexity index is 1130. The first-order valence-corrected chi connectivity index (χ1v) is 11.6. The number of aliphatic hydroxyl groups is 1. The second kappa shape index (κ2) is 9.74. The Kier molecular flexibility index (Phi) is 7.06. The lowest BCUT2D eigenvalue weighted by molar-refractivity contribution is 0.165. The third kappa shape index (κ3) is 5.91. The van der Waals surface area contributed by atoms with Gasteiger partial charge in [0, 0.05) is 18.7 Å². The topological polar surface area (TPSA) is 123 Å². The molecule has 0 saturated heterocycles. The lowest BCUT2D eigenvalue weighted by Gasteiger charge is -2.25. The van der Waals surface area contributed by atoms with Crippen molar-refractivity contribution in [3.63, 3.8) is 0 Å². The van der Waals surface area contributed by atoms with Crippen LogP contribution in [0.1, 0.15) is 11.3 Å². The van der Waals surface area contributed by atoms with Crippen molar-refractivity contribution in [2.24, 2.45) is 11.6 Å². The zero-order chi connectivity index (χ0) is 22.4. The first kappa shape index (κ1) is 22.5. The molecular weight excluding hydrogens is 412 g/mol. The van der Waals surface area contributed by atoms with Crippen molar-refractivity contribution >= 4 is 15.5 Å². The van der Waals surface area contributed by atoms with E-state index in [1.807, 2.05) is 30.3 Å². The van der Waals surface area contributed by atoms with E-state index in [1.54, 1.807) is 48.8 Å². The molecule has 7 nitrogen and oxygen atoms in total. The molecule has 2 aromatic carbocycles. The minimum absolute atomic E-state index is 0.142. The van der Waals surface area contributed by atoms with Gasteiger partial charge in [-0.25, -0.2) is 14.3 Å². The maximum atomic E-state index is 11.6. The van der Waals surface area contributed by atoms with Crippen molar-refractivity contribution in [1.82, 2.24) is 9.99 Å². The van der Waals surface area contributed by atoms with E-state index in [-0.39, 0.29) is 12.6 Å². The van der Waals surface area contributed by atoms with Crippen LogP contribution in [0.3, 0.4) is 0 Å². The third-order valence-electron chi connectivity index (χ3n) is 4.92. The van der Waals surface area contributed by atoms with Gasteiger partial charge in [-0.3, -0.25) is 4.98 Å². The number of pyridine rings is 1. The maximum Gasteiger partial charge on any atom is 0.175 e. The summed E-state index contributed by atoms with van der Waals surface area (Å²) in [6.07, 6.45) is 4.93. The molecule has 0 aliphatic rings. The van der Waals surface area contributed by atoms with Gasteiger partial charge in [0.25, 0.3) is 0 Å². The van der Waals surface area contributed by atoms with Crippen LogP contribution in [-0.4, -0.2) is 42.4 Å². The number of benzene rings is 2. The van der Waals surface area contributed by atoms with Crippen LogP contribution >= 0.6 is 0 Å². The van der Waals surface area contributed by atoms with Gasteiger partial charge in [0.05, 0.1) is 28.9 Å². The fraction of sp³-hybridized carbons (Fsp3) is 0.174. The van der Waals surface area contributed by atoms with Gasteiger partial charge >= 0.3 is 0 Å². The second-order valence-corrected chi connectivity index (χ2v) is 9.30.